The Hall–Kier alpha value is -2.45. The predicted octanol–water partition coefficient (Wildman–Crippen LogP) is 1.79. The van der Waals surface area contributed by atoms with Crippen LogP contribution < -0.4 is 22.1 Å². The Labute approximate surface area is 112 Å². The fourth-order valence-corrected chi connectivity index (χ4v) is 1.58. The Kier molecular flexibility index (Phi) is 4.11. The molecule has 6 nitrogen and oxygen atoms in total. The average Bonchev–Trinajstić information content (AvgIpc) is 2.25. The van der Waals surface area contributed by atoms with Crippen molar-refractivity contribution in [1.82, 2.24) is 0 Å². The number of carbonyl (C=O) groups is 2. The number of nitrogens with two attached hydrogens (primary N) is 2. The number of halogens is 3. The Bertz CT molecular complexity index is 570. The number of nitrogen functional groups attached to an aromatic ring is 2. The Morgan fingerprint density at radius 2 is 1.50 bits per heavy atom. The smallest absolute Gasteiger partial charge is 0.397 e. The molecular formula is C11H13F3N4O2. The van der Waals surface area contributed by atoms with Gasteiger partial charge in [0.05, 0.1) is 28.3 Å². The molecular weight excluding hydrogens is 277 g/mol. The molecule has 1 aromatic carbocycles. The van der Waals surface area contributed by atoms with Gasteiger partial charge in [-0.1, -0.05) is 0 Å². The third-order valence-corrected chi connectivity index (χ3v) is 2.30. The number of benzene rings is 1. The summed E-state index contributed by atoms with van der Waals surface area (Å²) in [6, 6.07) is 0.604. The molecule has 0 saturated carbocycles. The molecule has 0 heterocycles. The minimum atomic E-state index is -4.76. The summed E-state index contributed by atoms with van der Waals surface area (Å²) in [5.74, 6) is -1.29. The van der Waals surface area contributed by atoms with Crippen molar-refractivity contribution >= 4 is 34.6 Å². The first-order chi connectivity index (χ1) is 9.04. The van der Waals surface area contributed by atoms with Crippen LogP contribution in [-0.2, 0) is 15.8 Å². The van der Waals surface area contributed by atoms with Crippen LogP contribution in [0.2, 0.25) is 0 Å². The van der Waals surface area contributed by atoms with Crippen molar-refractivity contribution < 1.29 is 22.8 Å². The van der Waals surface area contributed by atoms with Crippen molar-refractivity contribution in [2.24, 2.45) is 0 Å². The molecule has 0 aliphatic heterocycles. The molecule has 0 aromatic heterocycles. The highest BCUT2D eigenvalue weighted by Crippen LogP contribution is 2.44. The third-order valence-electron chi connectivity index (χ3n) is 2.30. The lowest BCUT2D eigenvalue weighted by atomic mass is 10.1. The van der Waals surface area contributed by atoms with Crippen LogP contribution in [0, 0.1) is 0 Å². The van der Waals surface area contributed by atoms with Crippen LogP contribution >= 0.6 is 0 Å². The van der Waals surface area contributed by atoms with E-state index in [1.165, 1.54) is 0 Å². The van der Waals surface area contributed by atoms with E-state index in [9.17, 15) is 22.8 Å². The number of hydrogen-bond acceptors (Lipinski definition) is 4. The van der Waals surface area contributed by atoms with Gasteiger partial charge in [0, 0.05) is 13.8 Å². The van der Waals surface area contributed by atoms with E-state index in [0.29, 0.717) is 6.07 Å². The molecule has 0 aliphatic carbocycles. The molecule has 0 aliphatic rings. The zero-order valence-corrected chi connectivity index (χ0v) is 10.7. The summed E-state index contributed by atoms with van der Waals surface area (Å²) in [7, 11) is 0. The van der Waals surface area contributed by atoms with Gasteiger partial charge in [0.25, 0.3) is 0 Å². The van der Waals surface area contributed by atoms with Gasteiger partial charge in [0.15, 0.2) is 0 Å². The Balaban J connectivity index is 3.56. The molecule has 1 rings (SSSR count). The standard InChI is InChI=1S/C11H13F3N4O2/c1-4(19)17-9-6(11(12,13)14)3-7(15)10(8(9)16)18-5(2)20/h3H,15-16H2,1-2H3,(H,17,19)(H,18,20). The number of alkyl halides is 3. The van der Waals surface area contributed by atoms with Crippen LogP contribution in [0.3, 0.4) is 0 Å². The van der Waals surface area contributed by atoms with Crippen molar-refractivity contribution in [1.29, 1.82) is 0 Å². The topological polar surface area (TPSA) is 110 Å². The van der Waals surface area contributed by atoms with E-state index in [1.54, 1.807) is 0 Å². The van der Waals surface area contributed by atoms with E-state index < -0.39 is 34.9 Å². The minimum absolute atomic E-state index is 0.172. The molecule has 0 saturated heterocycles. The summed E-state index contributed by atoms with van der Waals surface area (Å²) in [6.07, 6.45) is -4.76. The second-order valence-electron chi connectivity index (χ2n) is 4.04. The highest BCUT2D eigenvalue weighted by molar-refractivity contribution is 6.04. The highest BCUT2D eigenvalue weighted by atomic mass is 19.4. The highest BCUT2D eigenvalue weighted by Gasteiger charge is 2.36. The fourth-order valence-electron chi connectivity index (χ4n) is 1.58. The second kappa shape index (κ2) is 5.27. The van der Waals surface area contributed by atoms with Gasteiger partial charge in [-0.2, -0.15) is 13.2 Å². The summed E-state index contributed by atoms with van der Waals surface area (Å²) in [5.41, 5.74) is 8.23. The molecule has 9 heteroatoms. The number of nitrogens with one attached hydrogen (secondary N) is 2. The van der Waals surface area contributed by atoms with E-state index in [4.69, 9.17) is 11.5 Å². The van der Waals surface area contributed by atoms with Gasteiger partial charge in [0.1, 0.15) is 0 Å². The molecule has 0 unspecified atom stereocenters. The van der Waals surface area contributed by atoms with Gasteiger partial charge < -0.3 is 22.1 Å². The normalized spacial score (nSPS) is 11.1. The molecule has 6 N–H and O–H groups in total. The van der Waals surface area contributed by atoms with Crippen LogP contribution in [-0.4, -0.2) is 11.8 Å². The quantitative estimate of drug-likeness (QED) is 0.622. The lowest BCUT2D eigenvalue weighted by Gasteiger charge is -2.19. The number of rotatable bonds is 2. The maximum absolute atomic E-state index is 12.9. The molecule has 2 amide bonds. The van der Waals surface area contributed by atoms with E-state index in [0.717, 1.165) is 13.8 Å². The van der Waals surface area contributed by atoms with Gasteiger partial charge in [-0.05, 0) is 6.07 Å². The predicted molar refractivity (Wildman–Crippen MR) is 68.9 cm³/mol. The number of carbonyl (C=O) groups excluding carboxylic acids is 2. The summed E-state index contributed by atoms with van der Waals surface area (Å²) in [6.45, 7) is 2.18. The third kappa shape index (κ3) is 3.31. The number of amides is 2. The summed E-state index contributed by atoms with van der Waals surface area (Å²) in [5, 5.41) is 4.22. The molecule has 1 aromatic rings. The van der Waals surface area contributed by atoms with Gasteiger partial charge in [0.2, 0.25) is 11.8 Å². The fraction of sp³-hybridized carbons (Fsp3) is 0.273. The molecule has 0 spiro atoms. The van der Waals surface area contributed by atoms with E-state index in [-0.39, 0.29) is 11.4 Å². The van der Waals surface area contributed by atoms with Crippen LogP contribution in [0.5, 0.6) is 0 Å². The second-order valence-corrected chi connectivity index (χ2v) is 4.04. The van der Waals surface area contributed by atoms with Crippen LogP contribution in [0.25, 0.3) is 0 Å². The average molecular weight is 290 g/mol. The van der Waals surface area contributed by atoms with Gasteiger partial charge in [-0.15, -0.1) is 0 Å². The van der Waals surface area contributed by atoms with Crippen molar-refractivity contribution in [3.8, 4) is 0 Å². The van der Waals surface area contributed by atoms with Gasteiger partial charge in [-0.3, -0.25) is 9.59 Å². The zero-order chi connectivity index (χ0) is 15.7. The molecule has 20 heavy (non-hydrogen) atoms. The molecule has 0 radical (unpaired) electrons. The molecule has 0 atom stereocenters. The monoisotopic (exact) mass is 290 g/mol. The van der Waals surface area contributed by atoms with Gasteiger partial charge >= 0.3 is 6.18 Å². The zero-order valence-electron chi connectivity index (χ0n) is 10.7. The van der Waals surface area contributed by atoms with Gasteiger partial charge in [-0.25, -0.2) is 0 Å². The molecule has 0 fully saturated rings. The maximum Gasteiger partial charge on any atom is 0.418 e. The molecule has 0 bridgehead atoms. The summed E-state index contributed by atoms with van der Waals surface area (Å²) in [4.78, 5) is 22.0. The largest absolute Gasteiger partial charge is 0.418 e. The first kappa shape index (κ1) is 15.6. The van der Waals surface area contributed by atoms with Crippen molar-refractivity contribution in [2.75, 3.05) is 22.1 Å². The Morgan fingerprint density at radius 3 is 1.90 bits per heavy atom. The lowest BCUT2D eigenvalue weighted by molar-refractivity contribution is -0.136. The van der Waals surface area contributed by atoms with Crippen LogP contribution in [0.4, 0.5) is 35.9 Å². The van der Waals surface area contributed by atoms with Crippen LogP contribution in [0.15, 0.2) is 6.07 Å². The summed E-state index contributed by atoms with van der Waals surface area (Å²) >= 11 is 0. The molecule has 110 valence electrons. The van der Waals surface area contributed by atoms with E-state index in [2.05, 4.69) is 5.32 Å². The van der Waals surface area contributed by atoms with Crippen LogP contribution in [0.1, 0.15) is 19.4 Å². The first-order valence-electron chi connectivity index (χ1n) is 5.38. The van der Waals surface area contributed by atoms with E-state index in [1.807, 2.05) is 5.32 Å². The summed E-state index contributed by atoms with van der Waals surface area (Å²) < 4.78 is 38.7. The number of hydrogen-bond donors (Lipinski definition) is 4. The number of anilines is 4. The SMILES string of the molecule is CC(=O)Nc1c(N)cc(C(F)(F)F)c(NC(C)=O)c1N. The van der Waals surface area contributed by atoms with E-state index >= 15 is 0 Å². The lowest BCUT2D eigenvalue weighted by Crippen LogP contribution is -2.19. The van der Waals surface area contributed by atoms with Crippen molar-refractivity contribution in [2.45, 2.75) is 20.0 Å². The van der Waals surface area contributed by atoms with Crippen molar-refractivity contribution in [3.05, 3.63) is 11.6 Å². The minimum Gasteiger partial charge on any atom is -0.397 e. The van der Waals surface area contributed by atoms with Crippen molar-refractivity contribution in [3.63, 3.8) is 0 Å². The maximum atomic E-state index is 12.9. The first-order valence-corrected chi connectivity index (χ1v) is 5.38. The Morgan fingerprint density at radius 1 is 1.05 bits per heavy atom.